The van der Waals surface area contributed by atoms with E-state index < -0.39 is 11.8 Å². The van der Waals surface area contributed by atoms with Gasteiger partial charge in [0.1, 0.15) is 12.4 Å². The molecule has 0 aliphatic carbocycles. The molecular formula is C20H13ClFNO4. The minimum absolute atomic E-state index is 0.0257. The average Bonchev–Trinajstić information content (AvgIpc) is 3.01. The molecule has 0 N–H and O–H groups in total. The Labute approximate surface area is 160 Å². The number of aliphatic imine (C=N–C) groups is 1. The first-order valence-corrected chi connectivity index (χ1v) is 8.12. The van der Waals surface area contributed by atoms with Gasteiger partial charge in [-0.3, -0.25) is 0 Å². The van der Waals surface area contributed by atoms with Crippen LogP contribution < -0.4 is 9.47 Å². The van der Waals surface area contributed by atoms with E-state index in [0.29, 0.717) is 22.6 Å². The Balaban J connectivity index is 1.95. The van der Waals surface area contributed by atoms with Gasteiger partial charge < -0.3 is 14.2 Å². The van der Waals surface area contributed by atoms with Crippen LogP contribution in [0.4, 0.5) is 4.39 Å². The molecule has 0 bridgehead atoms. The molecule has 0 amide bonds. The summed E-state index contributed by atoms with van der Waals surface area (Å²) in [5, 5.41) is 0.261. The third kappa shape index (κ3) is 4.10. The van der Waals surface area contributed by atoms with Gasteiger partial charge in [-0.25, -0.2) is 14.2 Å². The van der Waals surface area contributed by atoms with E-state index in [1.807, 2.05) is 0 Å². The molecule has 0 saturated heterocycles. The predicted molar refractivity (Wildman–Crippen MR) is 99.3 cm³/mol. The van der Waals surface area contributed by atoms with Crippen LogP contribution in [0.25, 0.3) is 6.08 Å². The van der Waals surface area contributed by atoms with Crippen molar-refractivity contribution in [3.05, 3.63) is 64.1 Å². The van der Waals surface area contributed by atoms with Crippen LogP contribution in [0.1, 0.15) is 11.1 Å². The molecule has 0 spiro atoms. The van der Waals surface area contributed by atoms with E-state index in [9.17, 15) is 9.18 Å². The van der Waals surface area contributed by atoms with Crippen LogP contribution in [0.2, 0.25) is 5.02 Å². The molecule has 1 aliphatic rings. The smallest absolute Gasteiger partial charge is 0.363 e. The monoisotopic (exact) mass is 385 g/mol. The summed E-state index contributed by atoms with van der Waals surface area (Å²) in [7, 11) is 1.45. The Bertz CT molecular complexity index is 1010. The zero-order chi connectivity index (χ0) is 19.4. The van der Waals surface area contributed by atoms with Crippen molar-refractivity contribution in [1.29, 1.82) is 0 Å². The number of esters is 1. The fourth-order valence-corrected chi connectivity index (χ4v) is 2.66. The van der Waals surface area contributed by atoms with Crippen LogP contribution in [-0.2, 0) is 9.53 Å². The quantitative estimate of drug-likeness (QED) is 0.446. The van der Waals surface area contributed by atoms with E-state index in [1.54, 1.807) is 18.2 Å². The zero-order valence-electron chi connectivity index (χ0n) is 14.2. The summed E-state index contributed by atoms with van der Waals surface area (Å²) in [4.78, 5) is 16.2. The normalized spacial score (nSPS) is 14.5. The number of carbonyl (C=O) groups excluding carboxylic acids is 1. The fraction of sp³-hybridized carbons (Fsp3) is 0.100. The van der Waals surface area contributed by atoms with Crippen molar-refractivity contribution in [2.75, 3.05) is 13.7 Å². The van der Waals surface area contributed by atoms with E-state index in [1.165, 1.54) is 31.4 Å². The van der Waals surface area contributed by atoms with Gasteiger partial charge in [0, 0.05) is 5.56 Å². The minimum Gasteiger partial charge on any atom is -0.493 e. The van der Waals surface area contributed by atoms with Gasteiger partial charge >= 0.3 is 5.97 Å². The van der Waals surface area contributed by atoms with Gasteiger partial charge in [-0.2, -0.15) is 0 Å². The maximum atomic E-state index is 13.4. The molecule has 27 heavy (non-hydrogen) atoms. The van der Waals surface area contributed by atoms with Gasteiger partial charge in [-0.1, -0.05) is 23.6 Å². The van der Waals surface area contributed by atoms with Crippen LogP contribution in [0.5, 0.6) is 11.5 Å². The van der Waals surface area contributed by atoms with E-state index in [4.69, 9.17) is 32.2 Å². The number of methoxy groups -OCH3 is 1. The fourth-order valence-electron chi connectivity index (χ4n) is 2.39. The van der Waals surface area contributed by atoms with Crippen molar-refractivity contribution in [2.45, 2.75) is 0 Å². The van der Waals surface area contributed by atoms with Gasteiger partial charge in [-0.15, -0.1) is 6.42 Å². The van der Waals surface area contributed by atoms with E-state index in [2.05, 4.69) is 10.9 Å². The topological polar surface area (TPSA) is 57.1 Å². The van der Waals surface area contributed by atoms with Gasteiger partial charge in [0.15, 0.2) is 17.2 Å². The van der Waals surface area contributed by atoms with Crippen LogP contribution in [0.15, 0.2) is 47.1 Å². The Kier molecular flexibility index (Phi) is 5.43. The van der Waals surface area contributed by atoms with E-state index in [-0.39, 0.29) is 23.2 Å². The molecule has 0 fully saturated rings. The number of nitrogens with zero attached hydrogens (tertiary/aromatic N) is 1. The lowest BCUT2D eigenvalue weighted by Crippen LogP contribution is -2.05. The molecule has 7 heteroatoms. The number of hydrogen-bond acceptors (Lipinski definition) is 5. The summed E-state index contributed by atoms with van der Waals surface area (Å²) >= 11 is 6.22. The second kappa shape index (κ2) is 7.94. The number of cyclic esters (lactones) is 1. The van der Waals surface area contributed by atoms with E-state index >= 15 is 0 Å². The summed E-state index contributed by atoms with van der Waals surface area (Å²) in [6.45, 7) is 0.0319. The van der Waals surface area contributed by atoms with E-state index in [0.717, 1.165) is 0 Å². The molecular weight excluding hydrogens is 373 g/mol. The number of terminal acetylenes is 1. The molecule has 136 valence electrons. The maximum absolute atomic E-state index is 13.4. The highest BCUT2D eigenvalue weighted by Crippen LogP contribution is 2.37. The van der Waals surface area contributed by atoms with Crippen molar-refractivity contribution >= 4 is 29.5 Å². The number of rotatable bonds is 5. The van der Waals surface area contributed by atoms with Crippen molar-refractivity contribution in [3.8, 4) is 23.8 Å². The average molecular weight is 386 g/mol. The maximum Gasteiger partial charge on any atom is 0.363 e. The molecule has 0 radical (unpaired) electrons. The summed E-state index contributed by atoms with van der Waals surface area (Å²) in [6.07, 6.45) is 6.66. The molecule has 5 nitrogen and oxygen atoms in total. The van der Waals surface area contributed by atoms with Crippen molar-refractivity contribution < 1.29 is 23.4 Å². The first kappa shape index (κ1) is 18.5. The Morgan fingerprint density at radius 1 is 1.37 bits per heavy atom. The largest absolute Gasteiger partial charge is 0.493 e. The SMILES string of the molecule is C#CCOc1c(Cl)cc(/C=C2\N=C(c3cccc(F)c3)OC2=O)cc1OC. The van der Waals surface area contributed by atoms with Crippen molar-refractivity contribution in [3.63, 3.8) is 0 Å². The zero-order valence-corrected chi connectivity index (χ0v) is 14.9. The lowest BCUT2D eigenvalue weighted by atomic mass is 10.1. The Hall–Kier alpha value is -3.30. The van der Waals surface area contributed by atoms with Crippen LogP contribution in [-0.4, -0.2) is 25.6 Å². The van der Waals surface area contributed by atoms with Gasteiger partial charge in [0.05, 0.1) is 12.1 Å². The number of hydrogen-bond donors (Lipinski definition) is 0. The number of benzene rings is 2. The third-order valence-corrected chi connectivity index (χ3v) is 3.83. The van der Waals surface area contributed by atoms with Gasteiger partial charge in [-0.05, 0) is 42.0 Å². The highest BCUT2D eigenvalue weighted by Gasteiger charge is 2.24. The summed E-state index contributed by atoms with van der Waals surface area (Å²) in [6, 6.07) is 8.81. The number of ether oxygens (including phenoxy) is 3. The highest BCUT2D eigenvalue weighted by molar-refractivity contribution is 6.32. The summed E-state index contributed by atoms with van der Waals surface area (Å²) in [5.41, 5.74) is 0.950. The predicted octanol–water partition coefficient (Wildman–Crippen LogP) is 3.84. The highest BCUT2D eigenvalue weighted by atomic mass is 35.5. The number of carbonyl (C=O) groups is 1. The minimum atomic E-state index is -0.656. The molecule has 2 aromatic carbocycles. The second-order valence-electron chi connectivity index (χ2n) is 5.37. The molecule has 0 unspecified atom stereocenters. The standard InChI is InChI=1S/C20H13ClFNO4/c1-3-7-26-18-15(21)8-12(10-17(18)25-2)9-16-20(24)27-19(23-16)13-5-4-6-14(22)11-13/h1,4-6,8-11H,7H2,2H3/b16-9-. The lowest BCUT2D eigenvalue weighted by Gasteiger charge is -2.11. The second-order valence-corrected chi connectivity index (χ2v) is 5.78. The molecule has 1 aliphatic heterocycles. The summed E-state index contributed by atoms with van der Waals surface area (Å²) < 4.78 is 29.1. The van der Waals surface area contributed by atoms with Crippen LogP contribution in [0.3, 0.4) is 0 Å². The molecule has 1 heterocycles. The lowest BCUT2D eigenvalue weighted by molar-refractivity contribution is -0.129. The molecule has 0 saturated carbocycles. The first-order valence-electron chi connectivity index (χ1n) is 7.74. The van der Waals surface area contributed by atoms with Crippen molar-refractivity contribution in [2.24, 2.45) is 4.99 Å². The number of halogens is 2. The molecule has 0 aromatic heterocycles. The first-order chi connectivity index (χ1) is 13.0. The van der Waals surface area contributed by atoms with Crippen LogP contribution in [0, 0.1) is 18.2 Å². The molecule has 3 rings (SSSR count). The van der Waals surface area contributed by atoms with Crippen LogP contribution >= 0.6 is 11.6 Å². The van der Waals surface area contributed by atoms with Gasteiger partial charge in [0.2, 0.25) is 5.90 Å². The Morgan fingerprint density at radius 2 is 2.19 bits per heavy atom. The Morgan fingerprint density at radius 3 is 2.89 bits per heavy atom. The molecule has 0 atom stereocenters. The third-order valence-electron chi connectivity index (χ3n) is 3.55. The van der Waals surface area contributed by atoms with Crippen molar-refractivity contribution in [1.82, 2.24) is 0 Å². The van der Waals surface area contributed by atoms with Gasteiger partial charge in [0.25, 0.3) is 0 Å². The molecule has 2 aromatic rings. The summed E-state index contributed by atoms with van der Waals surface area (Å²) in [5.74, 6) is 1.91.